The molecule has 0 atom stereocenters. The number of nitrogens with one attached hydrogen (secondary N) is 1. The van der Waals surface area contributed by atoms with E-state index < -0.39 is 17.2 Å². The Hall–Kier alpha value is -3.72. The van der Waals surface area contributed by atoms with Gasteiger partial charge in [0, 0.05) is 30.7 Å². The number of aromatic hydroxyl groups is 1. The van der Waals surface area contributed by atoms with Crippen molar-refractivity contribution < 1.29 is 19.0 Å². The molecule has 1 aromatic heterocycles. The Bertz CT molecular complexity index is 1310. The maximum absolute atomic E-state index is 15.0. The molecule has 5 rings (SSSR count). The summed E-state index contributed by atoms with van der Waals surface area (Å²) in [6, 6.07) is 9.47. The van der Waals surface area contributed by atoms with Crippen molar-refractivity contribution in [2.24, 2.45) is 5.10 Å². The number of pyridine rings is 1. The van der Waals surface area contributed by atoms with Crippen molar-refractivity contribution >= 4 is 28.7 Å². The number of rotatable bonds is 5. The summed E-state index contributed by atoms with van der Waals surface area (Å²) in [7, 11) is 0. The highest BCUT2D eigenvalue weighted by Crippen LogP contribution is 2.38. The average molecular weight is 450 g/mol. The lowest BCUT2D eigenvalue weighted by atomic mass is 10.1. The van der Waals surface area contributed by atoms with Crippen LogP contribution in [-0.2, 0) is 4.74 Å². The van der Waals surface area contributed by atoms with E-state index >= 15 is 4.39 Å². The van der Waals surface area contributed by atoms with Crippen LogP contribution >= 0.6 is 0 Å². The van der Waals surface area contributed by atoms with Crippen LogP contribution in [0.1, 0.15) is 34.8 Å². The monoisotopic (exact) mass is 450 g/mol. The van der Waals surface area contributed by atoms with Gasteiger partial charge in [-0.3, -0.25) is 9.59 Å². The molecule has 170 valence electrons. The van der Waals surface area contributed by atoms with Gasteiger partial charge in [0.2, 0.25) is 5.43 Å². The normalized spacial score (nSPS) is 16.5. The van der Waals surface area contributed by atoms with Crippen LogP contribution in [0.3, 0.4) is 0 Å². The minimum absolute atomic E-state index is 0.0746. The SMILES string of the molecule is O=C(N/N=C\c1cccc(O)c1)c1cn(C2CC2)c2cc(N3CCOCC3)c(F)cc2c1=O. The average Bonchev–Trinajstić information content (AvgIpc) is 3.65. The van der Waals surface area contributed by atoms with Crippen LogP contribution in [0.5, 0.6) is 5.75 Å². The number of hydrogen-bond acceptors (Lipinski definition) is 6. The van der Waals surface area contributed by atoms with Crippen LogP contribution in [-0.4, -0.2) is 48.1 Å². The van der Waals surface area contributed by atoms with E-state index in [9.17, 15) is 14.7 Å². The second-order valence-corrected chi connectivity index (χ2v) is 8.22. The highest BCUT2D eigenvalue weighted by molar-refractivity contribution is 5.98. The third kappa shape index (κ3) is 4.31. The van der Waals surface area contributed by atoms with Gasteiger partial charge in [0.15, 0.2) is 0 Å². The zero-order chi connectivity index (χ0) is 22.9. The van der Waals surface area contributed by atoms with Gasteiger partial charge in [0.05, 0.1) is 30.6 Å². The van der Waals surface area contributed by atoms with Gasteiger partial charge in [0.25, 0.3) is 5.91 Å². The van der Waals surface area contributed by atoms with Crippen LogP contribution in [0.2, 0.25) is 0 Å². The summed E-state index contributed by atoms with van der Waals surface area (Å²) in [5.41, 5.74) is 3.36. The highest BCUT2D eigenvalue weighted by Gasteiger charge is 2.28. The topological polar surface area (TPSA) is 96.2 Å². The first kappa shape index (κ1) is 21.1. The molecule has 2 aromatic carbocycles. The van der Waals surface area contributed by atoms with Crippen molar-refractivity contribution in [3.8, 4) is 5.75 Å². The minimum Gasteiger partial charge on any atom is -0.508 e. The second kappa shape index (κ2) is 8.67. The first-order valence-corrected chi connectivity index (χ1v) is 10.8. The third-order valence-electron chi connectivity index (χ3n) is 5.89. The van der Waals surface area contributed by atoms with Crippen LogP contribution < -0.4 is 15.8 Å². The molecule has 1 saturated carbocycles. The molecule has 3 aromatic rings. The summed E-state index contributed by atoms with van der Waals surface area (Å²) in [5.74, 6) is -1.10. The van der Waals surface area contributed by atoms with Gasteiger partial charge in [-0.15, -0.1) is 0 Å². The molecule has 1 aliphatic heterocycles. The van der Waals surface area contributed by atoms with Gasteiger partial charge in [-0.05, 0) is 42.7 Å². The molecule has 2 N–H and O–H groups in total. The first-order valence-electron chi connectivity index (χ1n) is 10.8. The predicted molar refractivity (Wildman–Crippen MR) is 123 cm³/mol. The molecule has 0 unspecified atom stereocenters. The van der Waals surface area contributed by atoms with E-state index in [1.165, 1.54) is 24.4 Å². The van der Waals surface area contributed by atoms with Crippen LogP contribution in [0.4, 0.5) is 10.1 Å². The number of hydrazone groups is 1. The first-order chi connectivity index (χ1) is 16.0. The molecule has 0 radical (unpaired) electrons. The van der Waals surface area contributed by atoms with E-state index in [2.05, 4.69) is 10.5 Å². The summed E-state index contributed by atoms with van der Waals surface area (Å²) in [6.07, 6.45) is 4.77. The highest BCUT2D eigenvalue weighted by atomic mass is 19.1. The van der Waals surface area contributed by atoms with Gasteiger partial charge < -0.3 is 19.3 Å². The number of amides is 1. The number of carbonyl (C=O) groups excluding carboxylic acids is 1. The molecule has 8 nitrogen and oxygen atoms in total. The largest absolute Gasteiger partial charge is 0.508 e. The zero-order valence-corrected chi connectivity index (χ0v) is 17.8. The van der Waals surface area contributed by atoms with Gasteiger partial charge in [-0.25, -0.2) is 9.82 Å². The van der Waals surface area contributed by atoms with Crippen molar-refractivity contribution in [2.75, 3.05) is 31.2 Å². The lowest BCUT2D eigenvalue weighted by Crippen LogP contribution is -2.37. The minimum atomic E-state index is -0.676. The molecular formula is C24H23FN4O4. The van der Waals surface area contributed by atoms with E-state index in [1.807, 2.05) is 9.47 Å². The van der Waals surface area contributed by atoms with Crippen molar-refractivity contribution in [1.29, 1.82) is 0 Å². The molecule has 2 aliphatic rings. The number of benzene rings is 2. The Morgan fingerprint density at radius 2 is 2.00 bits per heavy atom. The lowest BCUT2D eigenvalue weighted by Gasteiger charge is -2.29. The molecule has 9 heteroatoms. The maximum Gasteiger partial charge on any atom is 0.276 e. The Balaban J connectivity index is 1.50. The molecule has 2 fully saturated rings. The molecule has 2 heterocycles. The maximum atomic E-state index is 15.0. The molecule has 0 bridgehead atoms. The number of nitrogens with zero attached hydrogens (tertiary/aromatic N) is 3. The van der Waals surface area contributed by atoms with Crippen molar-refractivity contribution in [3.63, 3.8) is 0 Å². The summed E-state index contributed by atoms with van der Waals surface area (Å²) >= 11 is 0. The number of phenolic OH excluding ortho intramolecular Hbond substituents is 1. The van der Waals surface area contributed by atoms with Crippen molar-refractivity contribution in [1.82, 2.24) is 9.99 Å². The Morgan fingerprint density at radius 1 is 1.21 bits per heavy atom. The van der Waals surface area contributed by atoms with Crippen molar-refractivity contribution in [3.05, 3.63) is 69.8 Å². The van der Waals surface area contributed by atoms with E-state index in [-0.39, 0.29) is 22.7 Å². The number of anilines is 1. The number of phenols is 1. The molecule has 1 saturated heterocycles. The molecule has 0 spiro atoms. The number of aromatic nitrogens is 1. The summed E-state index contributed by atoms with van der Waals surface area (Å²) in [5, 5.41) is 13.6. The molecular weight excluding hydrogens is 427 g/mol. The summed E-state index contributed by atoms with van der Waals surface area (Å²) < 4.78 is 22.3. The lowest BCUT2D eigenvalue weighted by molar-refractivity contribution is 0.0953. The molecule has 1 amide bonds. The summed E-state index contributed by atoms with van der Waals surface area (Å²) in [4.78, 5) is 27.8. The van der Waals surface area contributed by atoms with Gasteiger partial charge in [-0.1, -0.05) is 12.1 Å². The van der Waals surface area contributed by atoms with E-state index in [4.69, 9.17) is 4.74 Å². The Labute approximate surface area is 188 Å². The van der Waals surface area contributed by atoms with Crippen molar-refractivity contribution in [2.45, 2.75) is 18.9 Å². The van der Waals surface area contributed by atoms with Crippen LogP contribution in [0, 0.1) is 5.82 Å². The quantitative estimate of drug-likeness (QED) is 0.460. The second-order valence-electron chi connectivity index (χ2n) is 8.22. The number of hydrogen-bond donors (Lipinski definition) is 2. The van der Waals surface area contributed by atoms with E-state index in [1.54, 1.807) is 24.4 Å². The zero-order valence-electron chi connectivity index (χ0n) is 17.8. The van der Waals surface area contributed by atoms with Gasteiger partial charge in [-0.2, -0.15) is 5.10 Å². The Kier molecular flexibility index (Phi) is 5.55. The smallest absolute Gasteiger partial charge is 0.276 e. The fourth-order valence-corrected chi connectivity index (χ4v) is 4.05. The molecule has 1 aliphatic carbocycles. The number of carbonyl (C=O) groups is 1. The number of morpholine rings is 1. The number of fused-ring (bicyclic) bond motifs is 1. The Morgan fingerprint density at radius 3 is 2.73 bits per heavy atom. The fraction of sp³-hybridized carbons (Fsp3) is 0.292. The van der Waals surface area contributed by atoms with Crippen LogP contribution in [0.15, 0.2) is 52.5 Å². The number of halogens is 1. The van der Waals surface area contributed by atoms with E-state index in [0.717, 1.165) is 12.8 Å². The number of ether oxygens (including phenoxy) is 1. The predicted octanol–water partition coefficient (Wildman–Crippen LogP) is 2.78. The standard InChI is InChI=1S/C24H23FN4O4/c25-20-11-18-21(12-22(20)28-6-8-33-9-7-28)29(16-4-5-16)14-19(23(18)31)24(32)27-26-13-15-2-1-3-17(30)10-15/h1-3,10-14,16,30H,4-9H2,(H,27,32)/b26-13-. The molecule has 33 heavy (non-hydrogen) atoms. The van der Waals surface area contributed by atoms with E-state index in [0.29, 0.717) is 43.1 Å². The summed E-state index contributed by atoms with van der Waals surface area (Å²) in [6.45, 7) is 2.20. The van der Waals surface area contributed by atoms with Gasteiger partial charge >= 0.3 is 0 Å². The van der Waals surface area contributed by atoms with Crippen LogP contribution in [0.25, 0.3) is 10.9 Å². The fourth-order valence-electron chi connectivity index (χ4n) is 4.05. The van der Waals surface area contributed by atoms with Gasteiger partial charge in [0.1, 0.15) is 17.1 Å². The third-order valence-corrected chi connectivity index (χ3v) is 5.89.